The third-order valence-electron chi connectivity index (χ3n) is 4.88. The largest absolute Gasteiger partial charge is 0.379 e. The molecule has 3 rings (SSSR count). The van der Waals surface area contributed by atoms with E-state index >= 15 is 0 Å². The highest BCUT2D eigenvalue weighted by atomic mass is 16.5. The fourth-order valence-corrected chi connectivity index (χ4v) is 3.22. The van der Waals surface area contributed by atoms with Crippen molar-refractivity contribution in [1.82, 2.24) is 10.2 Å². The van der Waals surface area contributed by atoms with Crippen molar-refractivity contribution in [2.45, 2.75) is 19.4 Å². The van der Waals surface area contributed by atoms with Gasteiger partial charge in [-0.1, -0.05) is 61.5 Å². The van der Waals surface area contributed by atoms with Crippen LogP contribution in [-0.2, 0) is 16.0 Å². The molecule has 1 atom stereocenters. The highest BCUT2D eigenvalue weighted by molar-refractivity contribution is 5.92. The Morgan fingerprint density at radius 3 is 2.48 bits per heavy atom. The van der Waals surface area contributed by atoms with Gasteiger partial charge in [-0.25, -0.2) is 0 Å². The summed E-state index contributed by atoms with van der Waals surface area (Å²) in [5.74, 6) is -0.0725. The first-order valence-corrected chi connectivity index (χ1v) is 9.67. The summed E-state index contributed by atoms with van der Waals surface area (Å²) in [4.78, 5) is 14.9. The van der Waals surface area contributed by atoms with E-state index in [1.54, 1.807) is 6.08 Å². The number of hydrogen-bond acceptors (Lipinski definition) is 3. The van der Waals surface area contributed by atoms with Crippen molar-refractivity contribution in [1.29, 1.82) is 0 Å². The van der Waals surface area contributed by atoms with Crippen molar-refractivity contribution < 1.29 is 9.53 Å². The molecule has 2 aromatic rings. The molecule has 1 aliphatic heterocycles. The van der Waals surface area contributed by atoms with E-state index in [-0.39, 0.29) is 11.9 Å². The lowest BCUT2D eigenvalue weighted by atomic mass is 10.1. The van der Waals surface area contributed by atoms with Crippen molar-refractivity contribution in [2.24, 2.45) is 0 Å². The number of carbonyl (C=O) groups excluding carboxylic acids is 1. The maximum Gasteiger partial charge on any atom is 0.244 e. The monoisotopic (exact) mass is 364 g/mol. The molecule has 4 heteroatoms. The maximum atomic E-state index is 12.5. The van der Waals surface area contributed by atoms with Crippen LogP contribution in [0.3, 0.4) is 0 Å². The molecule has 0 saturated carbocycles. The Labute approximate surface area is 161 Å². The highest BCUT2D eigenvalue weighted by Gasteiger charge is 2.19. The van der Waals surface area contributed by atoms with Crippen LogP contribution >= 0.6 is 0 Å². The molecule has 0 aliphatic carbocycles. The Balaban J connectivity index is 1.64. The number of morpholine rings is 1. The zero-order chi connectivity index (χ0) is 18.9. The van der Waals surface area contributed by atoms with E-state index in [1.807, 2.05) is 36.4 Å². The fourth-order valence-electron chi connectivity index (χ4n) is 3.22. The lowest BCUT2D eigenvalue weighted by molar-refractivity contribution is -0.117. The van der Waals surface area contributed by atoms with Gasteiger partial charge in [0, 0.05) is 25.7 Å². The van der Waals surface area contributed by atoms with Crippen molar-refractivity contribution in [3.8, 4) is 0 Å². The molecule has 0 aromatic heterocycles. The summed E-state index contributed by atoms with van der Waals surface area (Å²) < 4.78 is 5.43. The summed E-state index contributed by atoms with van der Waals surface area (Å²) in [6.45, 7) is 6.23. The van der Waals surface area contributed by atoms with Crippen molar-refractivity contribution >= 4 is 12.0 Å². The molecule has 2 aromatic carbocycles. The summed E-state index contributed by atoms with van der Waals surface area (Å²) in [5.41, 5.74) is 3.45. The smallest absolute Gasteiger partial charge is 0.244 e. The minimum absolute atomic E-state index is 0.0380. The van der Waals surface area contributed by atoms with Gasteiger partial charge in [-0.2, -0.15) is 0 Å². The Morgan fingerprint density at radius 1 is 1.11 bits per heavy atom. The second kappa shape index (κ2) is 10.0. The SMILES string of the molecule is CCc1ccc(/C=C/C(=O)NC(CN2CCOCC2)c2ccccc2)cc1. The molecule has 142 valence electrons. The van der Waals surface area contributed by atoms with Gasteiger partial charge < -0.3 is 10.1 Å². The first-order valence-electron chi connectivity index (χ1n) is 9.67. The van der Waals surface area contributed by atoms with Gasteiger partial charge in [-0.15, -0.1) is 0 Å². The zero-order valence-corrected chi connectivity index (χ0v) is 15.9. The number of hydrogen-bond donors (Lipinski definition) is 1. The average molecular weight is 364 g/mol. The van der Waals surface area contributed by atoms with E-state index in [0.717, 1.165) is 50.4 Å². The third-order valence-corrected chi connectivity index (χ3v) is 4.88. The molecule has 1 heterocycles. The van der Waals surface area contributed by atoms with Crippen LogP contribution in [-0.4, -0.2) is 43.7 Å². The van der Waals surface area contributed by atoms with Crippen LogP contribution in [0.5, 0.6) is 0 Å². The molecule has 27 heavy (non-hydrogen) atoms. The Hall–Kier alpha value is -2.43. The van der Waals surface area contributed by atoms with E-state index < -0.39 is 0 Å². The number of ether oxygens (including phenoxy) is 1. The molecule has 0 bridgehead atoms. The molecule has 0 radical (unpaired) electrons. The van der Waals surface area contributed by atoms with Gasteiger partial charge in [0.15, 0.2) is 0 Å². The molecule has 1 unspecified atom stereocenters. The molecular weight excluding hydrogens is 336 g/mol. The second-order valence-electron chi connectivity index (χ2n) is 6.81. The van der Waals surface area contributed by atoms with Crippen molar-refractivity contribution in [3.05, 3.63) is 77.4 Å². The minimum Gasteiger partial charge on any atom is -0.379 e. The maximum absolute atomic E-state index is 12.5. The summed E-state index contributed by atoms with van der Waals surface area (Å²) in [5, 5.41) is 3.17. The topological polar surface area (TPSA) is 41.6 Å². The van der Waals surface area contributed by atoms with Gasteiger partial charge in [0.1, 0.15) is 0 Å². The van der Waals surface area contributed by atoms with Crippen LogP contribution in [0.4, 0.5) is 0 Å². The summed E-state index contributed by atoms with van der Waals surface area (Å²) >= 11 is 0. The van der Waals surface area contributed by atoms with E-state index in [4.69, 9.17) is 4.74 Å². The van der Waals surface area contributed by atoms with Gasteiger partial charge in [-0.05, 0) is 29.2 Å². The standard InChI is InChI=1S/C23H28N2O2/c1-2-19-8-10-20(11-9-19)12-13-23(26)24-22(21-6-4-3-5-7-21)18-25-14-16-27-17-15-25/h3-13,22H,2,14-18H2,1H3,(H,24,26)/b13-12+. The van der Waals surface area contributed by atoms with E-state index in [9.17, 15) is 4.79 Å². The number of amides is 1. The number of benzene rings is 2. The fraction of sp³-hybridized carbons (Fsp3) is 0.348. The van der Waals surface area contributed by atoms with E-state index in [0.29, 0.717) is 0 Å². The highest BCUT2D eigenvalue weighted by Crippen LogP contribution is 2.15. The van der Waals surface area contributed by atoms with Gasteiger partial charge in [-0.3, -0.25) is 9.69 Å². The first-order chi connectivity index (χ1) is 13.2. The Morgan fingerprint density at radius 2 is 1.81 bits per heavy atom. The molecule has 1 fully saturated rings. The Bertz CT molecular complexity index is 735. The number of rotatable bonds is 7. The van der Waals surface area contributed by atoms with E-state index in [1.165, 1.54) is 5.56 Å². The van der Waals surface area contributed by atoms with Crippen LogP contribution < -0.4 is 5.32 Å². The third kappa shape index (κ3) is 6.05. The number of nitrogens with zero attached hydrogens (tertiary/aromatic N) is 1. The minimum atomic E-state index is -0.0725. The van der Waals surface area contributed by atoms with Crippen LogP contribution in [0.15, 0.2) is 60.7 Å². The summed E-state index contributed by atoms with van der Waals surface area (Å²) in [6.07, 6.45) is 4.51. The Kier molecular flexibility index (Phi) is 7.19. The summed E-state index contributed by atoms with van der Waals surface area (Å²) in [6, 6.07) is 18.4. The zero-order valence-electron chi connectivity index (χ0n) is 15.9. The first kappa shape index (κ1) is 19.3. The second-order valence-corrected chi connectivity index (χ2v) is 6.81. The van der Waals surface area contributed by atoms with Crippen molar-refractivity contribution in [2.75, 3.05) is 32.8 Å². The molecule has 1 amide bonds. The van der Waals surface area contributed by atoms with Crippen LogP contribution in [0, 0.1) is 0 Å². The number of nitrogens with one attached hydrogen (secondary N) is 1. The van der Waals surface area contributed by atoms with Gasteiger partial charge in [0.05, 0.1) is 19.3 Å². The molecular formula is C23H28N2O2. The normalized spacial score (nSPS) is 16.3. The van der Waals surface area contributed by atoms with Gasteiger partial charge in [0.25, 0.3) is 0 Å². The van der Waals surface area contributed by atoms with E-state index in [2.05, 4.69) is 41.4 Å². The van der Waals surface area contributed by atoms with Crippen LogP contribution in [0.1, 0.15) is 29.7 Å². The van der Waals surface area contributed by atoms with Crippen LogP contribution in [0.2, 0.25) is 0 Å². The van der Waals surface area contributed by atoms with Crippen molar-refractivity contribution in [3.63, 3.8) is 0 Å². The molecule has 1 saturated heterocycles. The average Bonchev–Trinajstić information content (AvgIpc) is 2.73. The number of carbonyl (C=O) groups is 1. The summed E-state index contributed by atoms with van der Waals surface area (Å²) in [7, 11) is 0. The van der Waals surface area contributed by atoms with Crippen LogP contribution in [0.25, 0.3) is 6.08 Å². The predicted octanol–water partition coefficient (Wildman–Crippen LogP) is 3.45. The number of aryl methyl sites for hydroxylation is 1. The molecule has 4 nitrogen and oxygen atoms in total. The lowest BCUT2D eigenvalue weighted by Gasteiger charge is -2.31. The van der Waals surface area contributed by atoms with Gasteiger partial charge >= 0.3 is 0 Å². The predicted molar refractivity (Wildman–Crippen MR) is 109 cm³/mol. The molecule has 1 N–H and O–H groups in total. The lowest BCUT2D eigenvalue weighted by Crippen LogP contribution is -2.42. The quantitative estimate of drug-likeness (QED) is 0.765. The molecule has 1 aliphatic rings. The molecule has 0 spiro atoms. The van der Waals surface area contributed by atoms with Gasteiger partial charge in [0.2, 0.25) is 5.91 Å².